The van der Waals surface area contributed by atoms with Crippen LogP contribution in [0.15, 0.2) is 48.5 Å². The summed E-state index contributed by atoms with van der Waals surface area (Å²) >= 11 is 2.14. The zero-order chi connectivity index (χ0) is 17.0. The largest absolute Gasteiger partial charge is 0.325 e. The number of hydrogen-bond acceptors (Lipinski definition) is 3. The van der Waals surface area contributed by atoms with E-state index >= 15 is 0 Å². The van der Waals surface area contributed by atoms with Crippen LogP contribution in [-0.2, 0) is 14.8 Å². The third kappa shape index (κ3) is 5.21. The van der Waals surface area contributed by atoms with Gasteiger partial charge >= 0.3 is 0 Å². The number of rotatable bonds is 5. The first kappa shape index (κ1) is 17.7. The number of carbonyl (C=O) groups is 1. The van der Waals surface area contributed by atoms with E-state index in [1.165, 1.54) is 0 Å². The highest BCUT2D eigenvalue weighted by molar-refractivity contribution is 14.1. The van der Waals surface area contributed by atoms with Gasteiger partial charge in [0.15, 0.2) is 0 Å². The molecule has 0 bridgehead atoms. The predicted octanol–water partition coefficient (Wildman–Crippen LogP) is 3.00. The molecule has 0 saturated heterocycles. The summed E-state index contributed by atoms with van der Waals surface area (Å²) in [6.45, 7) is 1.68. The molecule has 2 aromatic carbocycles. The minimum absolute atomic E-state index is 0.271. The molecular weight excluding hydrogens is 427 g/mol. The predicted molar refractivity (Wildman–Crippen MR) is 101 cm³/mol. The Bertz CT molecular complexity index is 787. The molecule has 122 valence electrons. The van der Waals surface area contributed by atoms with Crippen LogP contribution < -0.4 is 9.62 Å². The van der Waals surface area contributed by atoms with Crippen LogP contribution in [0.25, 0.3) is 0 Å². The molecule has 0 aliphatic rings. The highest BCUT2D eigenvalue weighted by Gasteiger charge is 2.20. The highest BCUT2D eigenvalue weighted by Crippen LogP contribution is 2.19. The molecule has 0 aliphatic carbocycles. The van der Waals surface area contributed by atoms with Crippen LogP contribution in [0.5, 0.6) is 0 Å². The maximum atomic E-state index is 12.2. The van der Waals surface area contributed by atoms with Crippen molar-refractivity contribution >= 4 is 49.9 Å². The van der Waals surface area contributed by atoms with Gasteiger partial charge in [0.2, 0.25) is 15.9 Å². The van der Waals surface area contributed by atoms with Crippen LogP contribution >= 0.6 is 22.6 Å². The fourth-order valence-electron chi connectivity index (χ4n) is 1.98. The quantitative estimate of drug-likeness (QED) is 0.722. The Morgan fingerprint density at radius 3 is 2.17 bits per heavy atom. The monoisotopic (exact) mass is 444 g/mol. The van der Waals surface area contributed by atoms with Crippen molar-refractivity contribution in [3.63, 3.8) is 0 Å². The molecular formula is C16H17IN2O3S. The summed E-state index contributed by atoms with van der Waals surface area (Å²) in [5.74, 6) is -0.391. The molecule has 0 radical (unpaired) electrons. The highest BCUT2D eigenvalue weighted by atomic mass is 127. The van der Waals surface area contributed by atoms with Gasteiger partial charge in [-0.1, -0.05) is 17.7 Å². The van der Waals surface area contributed by atoms with Gasteiger partial charge in [0.1, 0.15) is 6.54 Å². The van der Waals surface area contributed by atoms with Crippen molar-refractivity contribution in [2.24, 2.45) is 0 Å². The topological polar surface area (TPSA) is 66.5 Å². The van der Waals surface area contributed by atoms with E-state index in [2.05, 4.69) is 27.9 Å². The van der Waals surface area contributed by atoms with E-state index in [4.69, 9.17) is 0 Å². The molecule has 0 fully saturated rings. The van der Waals surface area contributed by atoms with E-state index in [0.717, 1.165) is 19.7 Å². The van der Waals surface area contributed by atoms with Crippen molar-refractivity contribution in [1.82, 2.24) is 0 Å². The van der Waals surface area contributed by atoms with Crippen molar-refractivity contribution in [2.75, 3.05) is 22.4 Å². The number of sulfonamides is 1. The average molecular weight is 444 g/mol. The summed E-state index contributed by atoms with van der Waals surface area (Å²) in [4.78, 5) is 12.2. The fraction of sp³-hybridized carbons (Fsp3) is 0.188. The first-order valence-corrected chi connectivity index (χ1v) is 9.78. The number of benzene rings is 2. The summed E-state index contributed by atoms with van der Waals surface area (Å²) in [7, 11) is -3.55. The standard InChI is InChI=1S/C16H17IN2O3S/c1-12-3-7-14(8-4-12)18-16(20)11-19(23(2,21)22)15-9-5-13(17)6-10-15/h3-10H,11H2,1-2H3,(H,18,20). The van der Waals surface area contributed by atoms with Crippen LogP contribution in [0.2, 0.25) is 0 Å². The summed E-state index contributed by atoms with van der Waals surface area (Å²) in [6, 6.07) is 14.3. The van der Waals surface area contributed by atoms with Gasteiger partial charge in [-0.05, 0) is 65.9 Å². The van der Waals surface area contributed by atoms with Gasteiger partial charge in [0.25, 0.3) is 0 Å². The molecule has 0 heterocycles. The minimum atomic E-state index is -3.55. The molecule has 5 nitrogen and oxygen atoms in total. The molecule has 0 unspecified atom stereocenters. The SMILES string of the molecule is Cc1ccc(NC(=O)CN(c2ccc(I)cc2)S(C)(=O)=O)cc1. The first-order chi connectivity index (χ1) is 10.8. The number of anilines is 2. The molecule has 0 aromatic heterocycles. The number of carbonyl (C=O) groups excluding carboxylic acids is 1. The van der Waals surface area contributed by atoms with Crippen molar-refractivity contribution < 1.29 is 13.2 Å². The fourth-order valence-corrected chi connectivity index (χ4v) is 3.19. The Morgan fingerprint density at radius 1 is 1.09 bits per heavy atom. The third-order valence-corrected chi connectivity index (χ3v) is 5.00. The minimum Gasteiger partial charge on any atom is -0.325 e. The molecule has 2 aromatic rings. The molecule has 7 heteroatoms. The van der Waals surface area contributed by atoms with Crippen LogP contribution in [0, 0.1) is 10.5 Å². The van der Waals surface area contributed by atoms with Crippen LogP contribution in [-0.4, -0.2) is 27.1 Å². The lowest BCUT2D eigenvalue weighted by atomic mass is 10.2. The van der Waals surface area contributed by atoms with Gasteiger partial charge in [-0.2, -0.15) is 0 Å². The number of aryl methyl sites for hydroxylation is 1. The van der Waals surface area contributed by atoms with Crippen molar-refractivity contribution in [1.29, 1.82) is 0 Å². The first-order valence-electron chi connectivity index (χ1n) is 6.85. The number of nitrogens with zero attached hydrogens (tertiary/aromatic N) is 1. The second-order valence-corrected chi connectivity index (χ2v) is 8.31. The molecule has 1 amide bonds. The zero-order valence-corrected chi connectivity index (χ0v) is 15.8. The number of amides is 1. The van der Waals surface area contributed by atoms with Gasteiger partial charge in [0, 0.05) is 9.26 Å². The second kappa shape index (κ2) is 7.31. The van der Waals surface area contributed by atoms with E-state index in [-0.39, 0.29) is 6.54 Å². The van der Waals surface area contributed by atoms with Gasteiger partial charge < -0.3 is 5.32 Å². The van der Waals surface area contributed by atoms with Gasteiger partial charge in [0.05, 0.1) is 11.9 Å². The lowest BCUT2D eigenvalue weighted by Crippen LogP contribution is -2.37. The van der Waals surface area contributed by atoms with Gasteiger partial charge in [-0.3, -0.25) is 9.10 Å². The smallest absolute Gasteiger partial charge is 0.245 e. The summed E-state index contributed by atoms with van der Waals surface area (Å²) in [5.41, 5.74) is 2.18. The molecule has 0 atom stereocenters. The summed E-state index contributed by atoms with van der Waals surface area (Å²) < 4.78 is 26.1. The Labute approximate surface area is 149 Å². The number of nitrogens with one attached hydrogen (secondary N) is 1. The van der Waals surface area contributed by atoms with Gasteiger partial charge in [-0.25, -0.2) is 8.42 Å². The number of hydrogen-bond donors (Lipinski definition) is 1. The molecule has 0 aliphatic heterocycles. The summed E-state index contributed by atoms with van der Waals surface area (Å²) in [5, 5.41) is 2.71. The third-order valence-electron chi connectivity index (χ3n) is 3.14. The van der Waals surface area contributed by atoms with Crippen molar-refractivity contribution in [2.45, 2.75) is 6.92 Å². The number of halogens is 1. The lowest BCUT2D eigenvalue weighted by Gasteiger charge is -2.22. The Morgan fingerprint density at radius 2 is 1.65 bits per heavy atom. The van der Waals surface area contributed by atoms with Gasteiger partial charge in [-0.15, -0.1) is 0 Å². The molecule has 23 heavy (non-hydrogen) atoms. The normalized spacial score (nSPS) is 11.1. The Hall–Kier alpha value is -1.61. The molecule has 0 saturated carbocycles. The Balaban J connectivity index is 2.16. The van der Waals surface area contributed by atoms with Crippen molar-refractivity contribution in [3.05, 3.63) is 57.7 Å². The summed E-state index contributed by atoms with van der Waals surface area (Å²) in [6.07, 6.45) is 1.09. The van der Waals surface area contributed by atoms with E-state index in [1.807, 2.05) is 19.1 Å². The zero-order valence-electron chi connectivity index (χ0n) is 12.8. The molecule has 2 rings (SSSR count). The van der Waals surface area contributed by atoms with Crippen LogP contribution in [0.4, 0.5) is 11.4 Å². The van der Waals surface area contributed by atoms with Crippen LogP contribution in [0.3, 0.4) is 0 Å². The second-order valence-electron chi connectivity index (χ2n) is 5.16. The maximum Gasteiger partial charge on any atom is 0.245 e. The van der Waals surface area contributed by atoms with Crippen LogP contribution in [0.1, 0.15) is 5.56 Å². The van der Waals surface area contributed by atoms with Crippen molar-refractivity contribution in [3.8, 4) is 0 Å². The molecule has 1 N–H and O–H groups in total. The van der Waals surface area contributed by atoms with E-state index < -0.39 is 15.9 Å². The van der Waals surface area contributed by atoms with E-state index in [9.17, 15) is 13.2 Å². The lowest BCUT2D eigenvalue weighted by molar-refractivity contribution is -0.114. The maximum absolute atomic E-state index is 12.2. The van der Waals surface area contributed by atoms with E-state index in [1.54, 1.807) is 36.4 Å². The molecule has 0 spiro atoms. The van der Waals surface area contributed by atoms with E-state index in [0.29, 0.717) is 11.4 Å². The Kier molecular flexibility index (Phi) is 5.64. The average Bonchev–Trinajstić information content (AvgIpc) is 2.47.